The summed E-state index contributed by atoms with van der Waals surface area (Å²) in [6, 6.07) is 178. The molecule has 26 rings (SSSR count). The first-order valence-corrected chi connectivity index (χ1v) is 44.4. The molecule has 4 aliphatic heterocycles. The van der Waals surface area contributed by atoms with Gasteiger partial charge in [0.25, 0.3) is 13.4 Å². The Morgan fingerprint density at radius 3 is 0.680 bits per heavy atom. The van der Waals surface area contributed by atoms with Gasteiger partial charge in [0.1, 0.15) is 0 Å². The second kappa shape index (κ2) is 29.5. The summed E-state index contributed by atoms with van der Waals surface area (Å²) in [5, 5.41) is 14.0. The SMILES string of the molecule is c1ccc(-c2c3ccccc3c(N3c4ccccc4B4c5cc6c(cc5N(c5ccccc5)c5cc(N(c7ccccc7)c7ccccc7)cc3c54)N(c3c4ccccc4c(-c4ccccc4)c4ccccc34)c3cc(N(c4ccccc4)c4ccccc4)cc4c3B6c3ccccc3N4c3c4ccccc4c(-c4ccccc4)c4ccccc34)c3ccccc23)cc1. The van der Waals surface area contributed by atoms with E-state index in [0.29, 0.717) is 0 Å². The van der Waals surface area contributed by atoms with Crippen LogP contribution in [0.25, 0.3) is 98.0 Å². The fraction of sp³-hybridized carbons (Fsp3) is 0. The van der Waals surface area contributed by atoms with Crippen LogP contribution in [0.4, 0.5) is 102 Å². The minimum atomic E-state index is -0.350. The van der Waals surface area contributed by atoms with Crippen LogP contribution in [0, 0.1) is 0 Å². The molecule has 22 aromatic carbocycles. The number of hydrogen-bond acceptors (Lipinski definition) is 6. The predicted molar refractivity (Wildman–Crippen MR) is 545 cm³/mol. The Morgan fingerprint density at radius 2 is 0.383 bits per heavy atom. The fourth-order valence-corrected chi connectivity index (χ4v) is 22.2. The molecule has 0 atom stereocenters. The quantitative estimate of drug-likeness (QED) is 0.0840. The number of para-hydroxylation sites is 7. The average Bonchev–Trinajstić information content (AvgIpc) is 0.670. The summed E-state index contributed by atoms with van der Waals surface area (Å²) in [5.74, 6) is 0. The van der Waals surface area contributed by atoms with Crippen LogP contribution in [0.1, 0.15) is 0 Å². The third kappa shape index (κ3) is 11.1. The van der Waals surface area contributed by atoms with E-state index in [4.69, 9.17) is 0 Å². The maximum Gasteiger partial charge on any atom is 0.252 e. The van der Waals surface area contributed by atoms with Crippen molar-refractivity contribution in [1.82, 2.24) is 0 Å². The van der Waals surface area contributed by atoms with E-state index in [9.17, 15) is 0 Å². The van der Waals surface area contributed by atoms with Crippen LogP contribution in [0.15, 0.2) is 473 Å². The van der Waals surface area contributed by atoms with E-state index in [1.54, 1.807) is 0 Å². The first-order valence-electron chi connectivity index (χ1n) is 44.4. The van der Waals surface area contributed by atoms with Gasteiger partial charge in [-0.15, -0.1) is 0 Å². The highest BCUT2D eigenvalue weighted by Gasteiger charge is 2.50. The van der Waals surface area contributed by atoms with Gasteiger partial charge in [-0.1, -0.05) is 370 Å². The number of hydrogen-bond donors (Lipinski definition) is 0. The highest BCUT2D eigenvalue weighted by atomic mass is 15.2. The van der Waals surface area contributed by atoms with E-state index in [-0.39, 0.29) is 13.4 Å². The zero-order chi connectivity index (χ0) is 84.0. The molecule has 0 saturated heterocycles. The molecule has 22 aromatic rings. The molecule has 0 amide bonds. The molecule has 0 unspecified atom stereocenters. The van der Waals surface area contributed by atoms with Gasteiger partial charge in [0, 0.05) is 106 Å². The number of benzene rings is 22. The third-order valence-corrected chi connectivity index (χ3v) is 27.2. The zero-order valence-electron chi connectivity index (χ0n) is 69.9. The van der Waals surface area contributed by atoms with Crippen molar-refractivity contribution in [3.05, 3.63) is 473 Å². The van der Waals surface area contributed by atoms with Crippen molar-refractivity contribution in [1.29, 1.82) is 0 Å². The van der Waals surface area contributed by atoms with E-state index < -0.39 is 0 Å². The van der Waals surface area contributed by atoms with Gasteiger partial charge in [-0.25, -0.2) is 0 Å². The molecule has 8 heteroatoms. The van der Waals surface area contributed by atoms with Crippen molar-refractivity contribution in [3.63, 3.8) is 0 Å². The van der Waals surface area contributed by atoms with Gasteiger partial charge in [-0.2, -0.15) is 0 Å². The minimum Gasteiger partial charge on any atom is -0.311 e. The standard InChI is InChI=1S/C120H78B2N6/c1-9-41-79(42-10-1)113-89-57-25-31-63-95(89)118(96-64-32-26-58-90(96)113)126-105-71-39-37-69-101(105)121-103-77-104-108(78-107(103)125(86-55-23-8-24-56-86)109-73-87(74-110(126)116(109)121)123(82-47-15-4-16-48-82)83-49-17-5-18-50-83)128(120-99-67-35-29-61-93(99)115(81-45-13-3-14-46-81)94-62-30-36-68-100(94)120)112-76-88(124(84-51-19-6-20-52-84)85-53-21-7-22-54-85)75-111-117(112)122(104)102-70-38-40-72-106(102)127(111)119-97-65-33-27-59-91(97)114(80-43-11-2-12-44-80)92-60-28-34-66-98(92)119/h1-78H. The maximum atomic E-state index is 2.75. The third-order valence-electron chi connectivity index (χ3n) is 27.2. The monoisotopic (exact) mass is 1620 g/mol. The van der Waals surface area contributed by atoms with Crippen LogP contribution >= 0.6 is 0 Å². The van der Waals surface area contributed by atoms with Crippen molar-refractivity contribution in [2.75, 3.05) is 29.4 Å². The van der Waals surface area contributed by atoms with Crippen molar-refractivity contribution in [2.45, 2.75) is 0 Å². The molecule has 0 spiro atoms. The van der Waals surface area contributed by atoms with Crippen LogP contribution in [0.3, 0.4) is 0 Å². The fourth-order valence-electron chi connectivity index (χ4n) is 22.2. The van der Waals surface area contributed by atoms with Crippen LogP contribution in [-0.2, 0) is 0 Å². The smallest absolute Gasteiger partial charge is 0.252 e. The summed E-state index contributed by atoms with van der Waals surface area (Å²) < 4.78 is 0. The first kappa shape index (κ1) is 72.9. The second-order valence-electron chi connectivity index (χ2n) is 34.0. The normalized spacial score (nSPS) is 12.8. The van der Waals surface area contributed by atoms with E-state index in [1.165, 1.54) is 82.1 Å². The lowest BCUT2D eigenvalue weighted by atomic mass is 9.30. The van der Waals surface area contributed by atoms with Gasteiger partial charge in [0.2, 0.25) is 0 Å². The van der Waals surface area contributed by atoms with Crippen LogP contribution in [0.2, 0.25) is 0 Å². The number of rotatable bonds is 13. The highest BCUT2D eigenvalue weighted by molar-refractivity contribution is 7.03. The van der Waals surface area contributed by atoms with Gasteiger partial charge in [0.15, 0.2) is 0 Å². The molecule has 0 bridgehead atoms. The van der Waals surface area contributed by atoms with Crippen molar-refractivity contribution >= 4 is 213 Å². The molecule has 0 radical (unpaired) electrons. The van der Waals surface area contributed by atoms with Crippen LogP contribution in [0.5, 0.6) is 0 Å². The maximum absolute atomic E-state index is 2.75. The molecule has 4 aliphatic rings. The second-order valence-corrected chi connectivity index (χ2v) is 34.0. The van der Waals surface area contributed by atoms with E-state index in [2.05, 4.69) is 503 Å². The molecule has 0 fully saturated rings. The van der Waals surface area contributed by atoms with Crippen molar-refractivity contribution in [2.24, 2.45) is 0 Å². The topological polar surface area (TPSA) is 19.4 Å². The first-order chi connectivity index (χ1) is 63.6. The lowest BCUT2D eigenvalue weighted by Gasteiger charge is -2.48. The van der Waals surface area contributed by atoms with Gasteiger partial charge in [-0.05, 0) is 202 Å². The number of fused-ring (bicyclic) bond motifs is 14. The molecule has 0 aliphatic carbocycles. The molecular weight excluding hydrogens is 1550 g/mol. The molecule has 4 heterocycles. The Morgan fingerprint density at radius 1 is 0.156 bits per heavy atom. The van der Waals surface area contributed by atoms with E-state index in [0.717, 1.165) is 151 Å². The summed E-state index contributed by atoms with van der Waals surface area (Å²) in [7, 11) is 0. The summed E-state index contributed by atoms with van der Waals surface area (Å²) in [4.78, 5) is 15.7. The molecule has 0 aromatic heterocycles. The number of nitrogens with zero attached hydrogens (tertiary/aromatic N) is 6. The summed E-state index contributed by atoms with van der Waals surface area (Å²) in [5.41, 5.74) is 33.8. The number of anilines is 18. The molecule has 0 saturated carbocycles. The van der Waals surface area contributed by atoms with Crippen molar-refractivity contribution in [3.8, 4) is 33.4 Å². The molecule has 6 nitrogen and oxygen atoms in total. The molecule has 594 valence electrons. The van der Waals surface area contributed by atoms with Gasteiger partial charge >= 0.3 is 0 Å². The lowest BCUT2D eigenvalue weighted by molar-refractivity contribution is 1.22. The Labute approximate surface area is 744 Å². The molecular formula is C120H78B2N6. The van der Waals surface area contributed by atoms with Crippen LogP contribution < -0.4 is 62.2 Å². The Hall–Kier alpha value is -16.7. The predicted octanol–water partition coefficient (Wildman–Crippen LogP) is 28.7. The lowest BCUT2D eigenvalue weighted by Crippen LogP contribution is -2.65. The van der Waals surface area contributed by atoms with Crippen molar-refractivity contribution < 1.29 is 0 Å². The van der Waals surface area contributed by atoms with Gasteiger partial charge in [-0.3, -0.25) is 0 Å². The highest BCUT2D eigenvalue weighted by Crippen LogP contribution is 2.59. The summed E-state index contributed by atoms with van der Waals surface area (Å²) in [6.45, 7) is -0.674. The Bertz CT molecular complexity index is 7980. The van der Waals surface area contributed by atoms with Gasteiger partial charge in [0.05, 0.1) is 28.4 Å². The molecule has 128 heavy (non-hydrogen) atoms. The Kier molecular flexibility index (Phi) is 16.8. The van der Waals surface area contributed by atoms with E-state index >= 15 is 0 Å². The van der Waals surface area contributed by atoms with E-state index in [1.807, 2.05) is 0 Å². The summed E-state index contributed by atoms with van der Waals surface area (Å²) >= 11 is 0. The largest absolute Gasteiger partial charge is 0.311 e. The van der Waals surface area contributed by atoms with Gasteiger partial charge < -0.3 is 29.4 Å². The van der Waals surface area contributed by atoms with Crippen LogP contribution in [-0.4, -0.2) is 13.4 Å². The molecule has 0 N–H and O–H groups in total. The Balaban J connectivity index is 0.833. The average molecular weight is 1630 g/mol. The summed E-state index contributed by atoms with van der Waals surface area (Å²) in [6.07, 6.45) is 0. The minimum absolute atomic E-state index is 0.324. The zero-order valence-corrected chi connectivity index (χ0v) is 69.9.